The van der Waals surface area contributed by atoms with Gasteiger partial charge in [0.15, 0.2) is 0 Å². The smallest absolute Gasteiger partial charge is 0.239 e. The van der Waals surface area contributed by atoms with Gasteiger partial charge in [0.2, 0.25) is 5.91 Å². The standard InChI is InChI=1S/C8H9NO5S2/c10-5-3-16-8(15)9(5)4(7(13)14)1-2-6(11)12/h4H,1-3H2,(H,11,12)(H,13,14)/p-2/t4-/m0/s1. The second-order valence-corrected chi connectivity index (χ2v) is 4.67. The number of hydrogen-bond acceptors (Lipinski definition) is 7. The van der Waals surface area contributed by atoms with Gasteiger partial charge in [0.25, 0.3) is 0 Å². The van der Waals surface area contributed by atoms with Crippen LogP contribution in [0, 0.1) is 0 Å². The number of amides is 1. The molecule has 0 spiro atoms. The van der Waals surface area contributed by atoms with Gasteiger partial charge in [-0.15, -0.1) is 0 Å². The van der Waals surface area contributed by atoms with Crippen LogP contribution in [0.15, 0.2) is 0 Å². The van der Waals surface area contributed by atoms with Crippen molar-refractivity contribution >= 4 is 46.1 Å². The third kappa shape index (κ3) is 2.92. The Bertz CT molecular complexity index is 340. The highest BCUT2D eigenvalue weighted by Gasteiger charge is 2.33. The zero-order chi connectivity index (χ0) is 12.3. The summed E-state index contributed by atoms with van der Waals surface area (Å²) < 4.78 is 0.137. The van der Waals surface area contributed by atoms with Crippen LogP contribution in [0.1, 0.15) is 12.8 Å². The monoisotopic (exact) mass is 261 g/mol. The summed E-state index contributed by atoms with van der Waals surface area (Å²) in [5.41, 5.74) is 0. The van der Waals surface area contributed by atoms with Gasteiger partial charge in [-0.05, 0) is 12.8 Å². The minimum atomic E-state index is -1.51. The number of thioether (sulfide) groups is 1. The SMILES string of the molecule is O=C([O-])CC[C@@H](C(=O)[O-])N1C(=O)CSC1=S. The van der Waals surface area contributed by atoms with Crippen LogP contribution >= 0.6 is 24.0 Å². The molecule has 0 aromatic rings. The van der Waals surface area contributed by atoms with E-state index in [1.54, 1.807) is 0 Å². The molecule has 0 saturated carbocycles. The lowest BCUT2D eigenvalue weighted by Gasteiger charge is -2.27. The summed E-state index contributed by atoms with van der Waals surface area (Å²) in [6, 6.07) is -1.33. The predicted octanol–water partition coefficient (Wildman–Crippen LogP) is -2.50. The van der Waals surface area contributed by atoms with Crippen molar-refractivity contribution in [2.24, 2.45) is 0 Å². The molecular formula is C8H7NO5S2-2. The molecule has 1 aliphatic heterocycles. The average molecular weight is 261 g/mol. The van der Waals surface area contributed by atoms with Gasteiger partial charge in [-0.2, -0.15) is 0 Å². The molecule has 1 amide bonds. The number of rotatable bonds is 5. The third-order valence-electron chi connectivity index (χ3n) is 1.99. The molecule has 1 fully saturated rings. The number of thiocarbonyl (C=S) groups is 1. The molecule has 1 atom stereocenters. The number of carboxylic acids is 2. The molecule has 0 aromatic heterocycles. The molecule has 0 aliphatic carbocycles. The predicted molar refractivity (Wildman–Crippen MR) is 54.9 cm³/mol. The Morgan fingerprint density at radius 3 is 2.50 bits per heavy atom. The molecule has 1 rings (SSSR count). The van der Waals surface area contributed by atoms with Crippen LogP contribution in [0.25, 0.3) is 0 Å². The summed E-state index contributed by atoms with van der Waals surface area (Å²) in [4.78, 5) is 33.3. The highest BCUT2D eigenvalue weighted by molar-refractivity contribution is 8.23. The van der Waals surface area contributed by atoms with Crippen molar-refractivity contribution in [1.29, 1.82) is 0 Å². The molecule has 1 heterocycles. The van der Waals surface area contributed by atoms with Gasteiger partial charge < -0.3 is 19.8 Å². The molecule has 16 heavy (non-hydrogen) atoms. The first-order chi connectivity index (χ1) is 7.43. The summed E-state index contributed by atoms with van der Waals surface area (Å²) in [6.45, 7) is 0. The van der Waals surface area contributed by atoms with Crippen molar-refractivity contribution in [1.82, 2.24) is 4.90 Å². The van der Waals surface area contributed by atoms with E-state index < -0.39 is 30.3 Å². The van der Waals surface area contributed by atoms with E-state index in [1.807, 2.05) is 0 Å². The highest BCUT2D eigenvalue weighted by atomic mass is 32.2. The fraction of sp³-hybridized carbons (Fsp3) is 0.500. The van der Waals surface area contributed by atoms with Gasteiger partial charge in [-0.25, -0.2) is 0 Å². The van der Waals surface area contributed by atoms with Gasteiger partial charge in [-0.1, -0.05) is 24.0 Å². The minimum absolute atomic E-state index is 0.0773. The zero-order valence-electron chi connectivity index (χ0n) is 8.00. The van der Waals surface area contributed by atoms with Crippen LogP contribution in [-0.2, 0) is 14.4 Å². The summed E-state index contributed by atoms with van der Waals surface area (Å²) in [5.74, 6) is -3.26. The Balaban J connectivity index is 2.76. The van der Waals surface area contributed by atoms with Crippen LogP contribution in [-0.4, -0.2) is 38.9 Å². The fourth-order valence-corrected chi connectivity index (χ4v) is 2.43. The normalized spacial score (nSPS) is 17.6. The van der Waals surface area contributed by atoms with Crippen LogP contribution in [0.4, 0.5) is 0 Å². The van der Waals surface area contributed by atoms with Gasteiger partial charge >= 0.3 is 0 Å². The quantitative estimate of drug-likeness (QED) is 0.504. The molecule has 88 valence electrons. The van der Waals surface area contributed by atoms with Crippen LogP contribution in [0.5, 0.6) is 0 Å². The molecule has 1 saturated heterocycles. The van der Waals surface area contributed by atoms with E-state index in [4.69, 9.17) is 12.2 Å². The number of nitrogens with zero attached hydrogens (tertiary/aromatic N) is 1. The highest BCUT2D eigenvalue weighted by Crippen LogP contribution is 2.23. The molecule has 0 bridgehead atoms. The lowest BCUT2D eigenvalue weighted by molar-refractivity contribution is -0.311. The average Bonchev–Trinajstić information content (AvgIpc) is 2.48. The Hall–Kier alpha value is -1.15. The molecule has 6 nitrogen and oxygen atoms in total. The van der Waals surface area contributed by atoms with E-state index in [1.165, 1.54) is 0 Å². The second kappa shape index (κ2) is 5.26. The first-order valence-corrected chi connectivity index (χ1v) is 5.72. The topological polar surface area (TPSA) is 101 Å². The Morgan fingerprint density at radius 2 is 2.12 bits per heavy atom. The first kappa shape index (κ1) is 12.9. The second-order valence-electron chi connectivity index (χ2n) is 3.06. The maximum atomic E-state index is 11.3. The third-order valence-corrected chi connectivity index (χ3v) is 3.38. The van der Waals surface area contributed by atoms with E-state index in [0.29, 0.717) is 0 Å². The molecule has 0 aromatic carbocycles. The van der Waals surface area contributed by atoms with Crippen LogP contribution in [0.3, 0.4) is 0 Å². The number of carboxylic acid groups (broad SMARTS) is 2. The Morgan fingerprint density at radius 1 is 1.50 bits per heavy atom. The van der Waals surface area contributed by atoms with Crippen molar-refractivity contribution < 1.29 is 24.6 Å². The molecule has 8 heteroatoms. The fourth-order valence-electron chi connectivity index (χ4n) is 1.27. The Kier molecular flexibility index (Phi) is 4.25. The summed E-state index contributed by atoms with van der Waals surface area (Å²) in [6.07, 6.45) is -0.729. The molecule has 0 radical (unpaired) electrons. The summed E-state index contributed by atoms with van der Waals surface area (Å²) in [5, 5.41) is 21.0. The number of hydrogen-bond donors (Lipinski definition) is 0. The lowest BCUT2D eigenvalue weighted by atomic mass is 10.1. The van der Waals surface area contributed by atoms with Gasteiger partial charge in [0.1, 0.15) is 4.32 Å². The van der Waals surface area contributed by atoms with Crippen molar-refractivity contribution in [3.8, 4) is 0 Å². The molecule has 0 N–H and O–H groups in total. The van der Waals surface area contributed by atoms with Gasteiger partial charge in [-0.3, -0.25) is 9.69 Å². The van der Waals surface area contributed by atoms with Gasteiger partial charge in [0.05, 0.1) is 17.8 Å². The van der Waals surface area contributed by atoms with E-state index in [9.17, 15) is 24.6 Å². The molecular weight excluding hydrogens is 254 g/mol. The molecule has 1 aliphatic rings. The Labute approximate surface area is 101 Å². The van der Waals surface area contributed by atoms with Crippen molar-refractivity contribution in [3.63, 3.8) is 0 Å². The number of aliphatic carboxylic acids is 2. The molecule has 0 unspecified atom stereocenters. The van der Waals surface area contributed by atoms with E-state index in [2.05, 4.69) is 0 Å². The van der Waals surface area contributed by atoms with Crippen LogP contribution < -0.4 is 10.2 Å². The maximum Gasteiger partial charge on any atom is 0.239 e. The van der Waals surface area contributed by atoms with Crippen molar-refractivity contribution in [2.45, 2.75) is 18.9 Å². The van der Waals surface area contributed by atoms with Crippen LogP contribution in [0.2, 0.25) is 0 Å². The summed E-state index contributed by atoms with van der Waals surface area (Å²) in [7, 11) is 0. The largest absolute Gasteiger partial charge is 0.550 e. The van der Waals surface area contributed by atoms with Crippen molar-refractivity contribution in [2.75, 3.05) is 5.75 Å². The number of carbonyl (C=O) groups excluding carboxylic acids is 3. The zero-order valence-corrected chi connectivity index (χ0v) is 9.64. The summed E-state index contributed by atoms with van der Waals surface area (Å²) >= 11 is 5.85. The first-order valence-electron chi connectivity index (χ1n) is 4.33. The van der Waals surface area contributed by atoms with Crippen molar-refractivity contribution in [3.05, 3.63) is 0 Å². The minimum Gasteiger partial charge on any atom is -0.550 e. The number of carbonyl (C=O) groups is 3. The van der Waals surface area contributed by atoms with E-state index in [0.717, 1.165) is 16.7 Å². The van der Waals surface area contributed by atoms with Gasteiger partial charge in [0, 0.05) is 5.97 Å². The maximum absolute atomic E-state index is 11.3. The van der Waals surface area contributed by atoms with E-state index in [-0.39, 0.29) is 16.5 Å². The lowest BCUT2D eigenvalue weighted by Crippen LogP contribution is -2.50. The van der Waals surface area contributed by atoms with E-state index >= 15 is 0 Å².